The quantitative estimate of drug-likeness (QED) is 0.315. The van der Waals surface area contributed by atoms with Crippen LogP contribution in [0.15, 0.2) is 12.7 Å². The summed E-state index contributed by atoms with van der Waals surface area (Å²) in [6, 6.07) is 0. The minimum absolute atomic E-state index is 0.0299. The second-order valence-electron chi connectivity index (χ2n) is 4.10. The molecule has 8 heteroatoms. The molecule has 0 aliphatic rings. The first kappa shape index (κ1) is 16.2. The summed E-state index contributed by atoms with van der Waals surface area (Å²) in [7, 11) is 0. The largest absolute Gasteiger partial charge is 0.408 e. The first-order valence-electron chi connectivity index (χ1n) is 6.40. The molecule has 0 saturated heterocycles. The number of aromatic nitrogens is 2. The number of hydrogen-bond donors (Lipinski definition) is 2. The van der Waals surface area contributed by atoms with Gasteiger partial charge < -0.3 is 20.7 Å². The number of halogens is 1. The normalized spacial score (nSPS) is 10.1. The molecular formula is C12H18ClN5O2. The summed E-state index contributed by atoms with van der Waals surface area (Å²) in [6.45, 7) is 6.70. The molecule has 1 aromatic heterocycles. The van der Waals surface area contributed by atoms with Gasteiger partial charge >= 0.3 is 5.82 Å². The molecule has 0 amide bonds. The summed E-state index contributed by atoms with van der Waals surface area (Å²) in [5.41, 5.74) is 0. The van der Waals surface area contributed by atoms with Gasteiger partial charge in [-0.05, 0) is 27.9 Å². The summed E-state index contributed by atoms with van der Waals surface area (Å²) < 4.78 is 0. The fourth-order valence-corrected chi connectivity index (χ4v) is 1.70. The summed E-state index contributed by atoms with van der Waals surface area (Å²) in [6.07, 6.45) is 4.66. The molecule has 0 atom stereocenters. The zero-order valence-corrected chi connectivity index (χ0v) is 12.1. The van der Waals surface area contributed by atoms with Crippen molar-refractivity contribution in [1.29, 1.82) is 0 Å². The summed E-state index contributed by atoms with van der Waals surface area (Å²) >= 11 is 5.86. The molecule has 0 bridgehead atoms. The molecule has 1 rings (SSSR count). The van der Waals surface area contributed by atoms with Crippen LogP contribution < -0.4 is 10.6 Å². The maximum Gasteiger partial charge on any atom is 0.408 e. The number of unbranched alkanes of at least 4 members (excludes halogenated alkanes) is 2. The molecule has 0 aromatic carbocycles. The molecule has 0 spiro atoms. The third-order valence-corrected chi connectivity index (χ3v) is 2.76. The van der Waals surface area contributed by atoms with Crippen LogP contribution in [0.4, 0.5) is 17.5 Å². The van der Waals surface area contributed by atoms with Crippen molar-refractivity contribution < 1.29 is 4.92 Å². The van der Waals surface area contributed by atoms with Crippen LogP contribution in [0.2, 0.25) is 5.15 Å². The Hall–Kier alpha value is -1.89. The highest BCUT2D eigenvalue weighted by atomic mass is 35.5. The van der Waals surface area contributed by atoms with Crippen molar-refractivity contribution >= 4 is 29.1 Å². The lowest BCUT2D eigenvalue weighted by Crippen LogP contribution is -2.11. The van der Waals surface area contributed by atoms with Gasteiger partial charge in [-0.2, -0.15) is 0 Å². The van der Waals surface area contributed by atoms with Gasteiger partial charge in [-0.15, -0.1) is 6.58 Å². The van der Waals surface area contributed by atoms with Crippen LogP contribution in [0.5, 0.6) is 0 Å². The van der Waals surface area contributed by atoms with Gasteiger partial charge in [-0.25, -0.2) is 4.98 Å². The van der Waals surface area contributed by atoms with Crippen molar-refractivity contribution in [3.63, 3.8) is 0 Å². The van der Waals surface area contributed by atoms with E-state index in [1.807, 2.05) is 0 Å². The van der Waals surface area contributed by atoms with E-state index in [1.165, 1.54) is 0 Å². The first-order chi connectivity index (χ1) is 9.60. The number of nitro groups is 1. The lowest BCUT2D eigenvalue weighted by Gasteiger charge is -2.08. The molecule has 110 valence electrons. The van der Waals surface area contributed by atoms with Crippen LogP contribution >= 0.6 is 11.6 Å². The van der Waals surface area contributed by atoms with Crippen LogP contribution in [0.25, 0.3) is 0 Å². The monoisotopic (exact) mass is 299 g/mol. The number of nitrogens with one attached hydrogen (secondary N) is 2. The van der Waals surface area contributed by atoms with Crippen molar-refractivity contribution in [2.24, 2.45) is 0 Å². The molecule has 0 saturated carbocycles. The second-order valence-corrected chi connectivity index (χ2v) is 4.45. The van der Waals surface area contributed by atoms with E-state index < -0.39 is 4.92 Å². The van der Waals surface area contributed by atoms with E-state index in [4.69, 9.17) is 11.6 Å². The summed E-state index contributed by atoms with van der Waals surface area (Å²) in [5, 5.41) is 16.7. The fraction of sp³-hybridized carbons (Fsp3) is 0.500. The molecule has 1 heterocycles. The van der Waals surface area contributed by atoms with Crippen LogP contribution in [0, 0.1) is 10.1 Å². The third-order valence-electron chi connectivity index (χ3n) is 2.49. The van der Waals surface area contributed by atoms with E-state index in [-0.39, 0.29) is 16.8 Å². The van der Waals surface area contributed by atoms with Crippen molar-refractivity contribution in [2.75, 3.05) is 23.7 Å². The Morgan fingerprint density at radius 3 is 2.70 bits per heavy atom. The molecule has 0 aliphatic heterocycles. The Morgan fingerprint density at radius 2 is 2.10 bits per heavy atom. The van der Waals surface area contributed by atoms with E-state index in [1.54, 1.807) is 6.08 Å². The topological polar surface area (TPSA) is 93.0 Å². The van der Waals surface area contributed by atoms with Gasteiger partial charge in [0.05, 0.1) is 0 Å². The molecule has 0 aliphatic carbocycles. The van der Waals surface area contributed by atoms with Gasteiger partial charge in [0.1, 0.15) is 0 Å². The van der Waals surface area contributed by atoms with E-state index >= 15 is 0 Å². The summed E-state index contributed by atoms with van der Waals surface area (Å²) in [4.78, 5) is 18.2. The van der Waals surface area contributed by atoms with Gasteiger partial charge in [-0.3, -0.25) is 0 Å². The van der Waals surface area contributed by atoms with Crippen LogP contribution in [0.1, 0.15) is 26.2 Å². The van der Waals surface area contributed by atoms with Crippen molar-refractivity contribution in [1.82, 2.24) is 9.97 Å². The minimum Gasteiger partial charge on any atom is -0.363 e. The molecule has 1 aromatic rings. The van der Waals surface area contributed by atoms with E-state index in [0.717, 1.165) is 19.3 Å². The standard InChI is InChI=1S/C12H18ClN5O2/c1-3-5-6-8-15-11-12(18(19)20)16-9(13)10(17-11)14-7-4-2/h4H,2-3,5-8H2,1H3,(H2,14,15,17). The lowest BCUT2D eigenvalue weighted by molar-refractivity contribution is -0.388. The van der Waals surface area contributed by atoms with Gasteiger partial charge in [0.15, 0.2) is 5.82 Å². The Morgan fingerprint density at radius 1 is 1.35 bits per heavy atom. The van der Waals surface area contributed by atoms with Gasteiger partial charge in [0.2, 0.25) is 5.82 Å². The maximum absolute atomic E-state index is 11.0. The second kappa shape index (κ2) is 8.31. The highest BCUT2D eigenvalue weighted by molar-refractivity contribution is 6.31. The lowest BCUT2D eigenvalue weighted by atomic mass is 10.2. The summed E-state index contributed by atoms with van der Waals surface area (Å²) in [5.74, 6) is 0.0628. The minimum atomic E-state index is -0.599. The zero-order valence-electron chi connectivity index (χ0n) is 11.4. The van der Waals surface area contributed by atoms with Crippen LogP contribution in [-0.4, -0.2) is 28.0 Å². The van der Waals surface area contributed by atoms with Gasteiger partial charge in [0, 0.05) is 13.1 Å². The van der Waals surface area contributed by atoms with Crippen molar-refractivity contribution in [3.05, 3.63) is 27.9 Å². The average molecular weight is 300 g/mol. The van der Waals surface area contributed by atoms with Crippen LogP contribution in [0.3, 0.4) is 0 Å². The van der Waals surface area contributed by atoms with E-state index in [2.05, 4.69) is 34.1 Å². The van der Waals surface area contributed by atoms with Crippen molar-refractivity contribution in [3.8, 4) is 0 Å². The Balaban J connectivity index is 2.91. The Bertz CT molecular complexity index is 481. The molecule has 2 N–H and O–H groups in total. The predicted molar refractivity (Wildman–Crippen MR) is 80.4 cm³/mol. The van der Waals surface area contributed by atoms with Crippen molar-refractivity contribution in [2.45, 2.75) is 26.2 Å². The average Bonchev–Trinajstić information content (AvgIpc) is 2.42. The maximum atomic E-state index is 11.0. The third kappa shape index (κ3) is 4.65. The molecule has 0 unspecified atom stereocenters. The highest BCUT2D eigenvalue weighted by Gasteiger charge is 2.22. The molecule has 20 heavy (non-hydrogen) atoms. The predicted octanol–water partition coefficient (Wildman–Crippen LogP) is 3.24. The molecule has 7 nitrogen and oxygen atoms in total. The number of nitrogens with zero attached hydrogens (tertiary/aromatic N) is 3. The molecule has 0 radical (unpaired) electrons. The van der Waals surface area contributed by atoms with Crippen LogP contribution in [-0.2, 0) is 0 Å². The Labute approximate surface area is 122 Å². The number of anilines is 2. The Kier molecular flexibility index (Phi) is 6.72. The zero-order chi connectivity index (χ0) is 15.0. The van der Waals surface area contributed by atoms with Gasteiger partial charge in [-0.1, -0.05) is 25.8 Å². The fourth-order valence-electron chi connectivity index (χ4n) is 1.52. The van der Waals surface area contributed by atoms with E-state index in [9.17, 15) is 10.1 Å². The molecule has 0 fully saturated rings. The first-order valence-corrected chi connectivity index (χ1v) is 6.78. The number of hydrogen-bond acceptors (Lipinski definition) is 6. The smallest absolute Gasteiger partial charge is 0.363 e. The highest BCUT2D eigenvalue weighted by Crippen LogP contribution is 2.27. The van der Waals surface area contributed by atoms with Gasteiger partial charge in [0.25, 0.3) is 5.15 Å². The number of rotatable bonds is 9. The molecular weight excluding hydrogens is 282 g/mol. The SMILES string of the molecule is C=CCNc1nc(NCCCCC)c([N+](=O)[O-])nc1Cl. The van der Waals surface area contributed by atoms with E-state index in [0.29, 0.717) is 18.9 Å².